The summed E-state index contributed by atoms with van der Waals surface area (Å²) in [5, 5.41) is 2.51. The highest BCUT2D eigenvalue weighted by Crippen LogP contribution is 2.24. The van der Waals surface area contributed by atoms with E-state index in [2.05, 4.69) is 5.32 Å². The molecule has 1 N–H and O–H groups in total. The highest BCUT2D eigenvalue weighted by atomic mass is 16.5. The average molecular weight is 329 g/mol. The Morgan fingerprint density at radius 3 is 2.42 bits per heavy atom. The molecule has 0 heterocycles. The minimum absolute atomic E-state index is 0.168. The smallest absolute Gasteiger partial charge is 0.325 e. The van der Waals surface area contributed by atoms with Crippen LogP contribution in [0.2, 0.25) is 0 Å². The van der Waals surface area contributed by atoms with Gasteiger partial charge in [0.25, 0.3) is 5.91 Å². The number of ether oxygens (including phenoxy) is 3. The van der Waals surface area contributed by atoms with Crippen molar-refractivity contribution in [3.63, 3.8) is 0 Å². The number of methoxy groups -OCH3 is 2. The lowest BCUT2D eigenvalue weighted by atomic mass is 10.1. The second-order valence-corrected chi connectivity index (χ2v) is 4.90. The van der Waals surface area contributed by atoms with E-state index in [1.807, 2.05) is 30.3 Å². The molecule has 0 spiro atoms. The van der Waals surface area contributed by atoms with Gasteiger partial charge in [0.05, 0.1) is 19.8 Å². The summed E-state index contributed by atoms with van der Waals surface area (Å²) in [6.07, 6.45) is 0. The molecule has 0 radical (unpaired) electrons. The molecule has 0 aromatic heterocycles. The molecule has 0 aliphatic carbocycles. The molecule has 1 amide bonds. The molecule has 0 aliphatic heterocycles. The lowest BCUT2D eigenvalue weighted by Gasteiger charge is -2.11. The van der Waals surface area contributed by atoms with Crippen LogP contribution >= 0.6 is 0 Å². The zero-order valence-corrected chi connectivity index (χ0v) is 13.6. The SMILES string of the molecule is COc1ccc(C(=O)NCC(=O)OCc2ccccc2)c(OC)c1. The molecule has 126 valence electrons. The predicted octanol–water partition coefficient (Wildman–Crippen LogP) is 2.18. The van der Waals surface area contributed by atoms with Gasteiger partial charge in [-0.05, 0) is 17.7 Å². The Morgan fingerprint density at radius 2 is 1.75 bits per heavy atom. The molecule has 0 saturated carbocycles. The van der Waals surface area contributed by atoms with Crippen LogP contribution in [0, 0.1) is 0 Å². The molecule has 0 saturated heterocycles. The van der Waals surface area contributed by atoms with Gasteiger partial charge in [-0.25, -0.2) is 0 Å². The fraction of sp³-hybridized carbons (Fsp3) is 0.222. The van der Waals surface area contributed by atoms with E-state index in [4.69, 9.17) is 14.2 Å². The molecule has 0 unspecified atom stereocenters. The molecule has 0 aliphatic rings. The maximum Gasteiger partial charge on any atom is 0.325 e. The third-order valence-corrected chi connectivity index (χ3v) is 3.29. The summed E-state index contributed by atoms with van der Waals surface area (Å²) < 4.78 is 15.3. The number of hydrogen-bond acceptors (Lipinski definition) is 5. The quantitative estimate of drug-likeness (QED) is 0.788. The van der Waals surface area contributed by atoms with Gasteiger partial charge in [-0.3, -0.25) is 9.59 Å². The van der Waals surface area contributed by atoms with Gasteiger partial charge in [-0.1, -0.05) is 30.3 Å². The number of esters is 1. The van der Waals surface area contributed by atoms with E-state index in [1.54, 1.807) is 18.2 Å². The van der Waals surface area contributed by atoms with Crippen LogP contribution in [0.3, 0.4) is 0 Å². The van der Waals surface area contributed by atoms with Gasteiger partial charge in [-0.2, -0.15) is 0 Å². The van der Waals surface area contributed by atoms with Crippen molar-refractivity contribution in [2.75, 3.05) is 20.8 Å². The molecule has 2 rings (SSSR count). The third kappa shape index (κ3) is 4.74. The topological polar surface area (TPSA) is 73.9 Å². The van der Waals surface area contributed by atoms with Crippen molar-refractivity contribution in [1.29, 1.82) is 0 Å². The fourth-order valence-electron chi connectivity index (χ4n) is 2.02. The summed E-state index contributed by atoms with van der Waals surface area (Å²) >= 11 is 0. The van der Waals surface area contributed by atoms with Gasteiger partial charge in [-0.15, -0.1) is 0 Å². The van der Waals surface area contributed by atoms with E-state index in [0.717, 1.165) is 5.56 Å². The van der Waals surface area contributed by atoms with Gasteiger partial charge in [0.15, 0.2) is 0 Å². The normalized spacial score (nSPS) is 9.92. The lowest BCUT2D eigenvalue weighted by Crippen LogP contribution is -2.30. The van der Waals surface area contributed by atoms with Crippen LogP contribution in [0.4, 0.5) is 0 Å². The second kappa shape index (κ2) is 8.57. The highest BCUT2D eigenvalue weighted by Gasteiger charge is 2.14. The monoisotopic (exact) mass is 329 g/mol. The summed E-state index contributed by atoms with van der Waals surface area (Å²) in [6.45, 7) is -0.0533. The third-order valence-electron chi connectivity index (χ3n) is 3.29. The van der Waals surface area contributed by atoms with Crippen LogP contribution in [0.15, 0.2) is 48.5 Å². The zero-order valence-electron chi connectivity index (χ0n) is 13.6. The van der Waals surface area contributed by atoms with Gasteiger partial charge in [0.1, 0.15) is 24.7 Å². The van der Waals surface area contributed by atoms with Crippen LogP contribution < -0.4 is 14.8 Å². The molecule has 2 aromatic rings. The molecule has 6 heteroatoms. The van der Waals surface area contributed by atoms with Gasteiger partial charge >= 0.3 is 5.97 Å². The standard InChI is InChI=1S/C18H19NO5/c1-22-14-8-9-15(16(10-14)23-2)18(21)19-11-17(20)24-12-13-6-4-3-5-7-13/h3-10H,11-12H2,1-2H3,(H,19,21). The fourth-order valence-corrected chi connectivity index (χ4v) is 2.02. The number of carbonyl (C=O) groups is 2. The first-order chi connectivity index (χ1) is 11.6. The summed E-state index contributed by atoms with van der Waals surface area (Å²) in [6, 6.07) is 14.1. The maximum atomic E-state index is 12.2. The Labute approximate surface area is 140 Å². The molecule has 0 fully saturated rings. The number of carbonyl (C=O) groups excluding carboxylic acids is 2. The van der Waals surface area contributed by atoms with Crippen LogP contribution in [0.1, 0.15) is 15.9 Å². The molecule has 24 heavy (non-hydrogen) atoms. The predicted molar refractivity (Wildman–Crippen MR) is 88.1 cm³/mol. The van der Waals surface area contributed by atoms with E-state index in [0.29, 0.717) is 17.1 Å². The van der Waals surface area contributed by atoms with Crippen molar-refractivity contribution in [2.24, 2.45) is 0 Å². The number of hydrogen-bond donors (Lipinski definition) is 1. The zero-order chi connectivity index (χ0) is 17.4. The van der Waals surface area contributed by atoms with Crippen LogP contribution in [0.25, 0.3) is 0 Å². The Morgan fingerprint density at radius 1 is 1.00 bits per heavy atom. The largest absolute Gasteiger partial charge is 0.497 e. The molecule has 6 nitrogen and oxygen atoms in total. The van der Waals surface area contributed by atoms with Gasteiger partial charge in [0.2, 0.25) is 0 Å². The second-order valence-electron chi connectivity index (χ2n) is 4.90. The molecule has 0 bridgehead atoms. The minimum atomic E-state index is -0.514. The number of benzene rings is 2. The van der Waals surface area contributed by atoms with Crippen molar-refractivity contribution in [3.8, 4) is 11.5 Å². The van der Waals surface area contributed by atoms with Crippen LogP contribution in [-0.2, 0) is 16.1 Å². The summed E-state index contributed by atoms with van der Waals surface area (Å²) in [5.41, 5.74) is 1.20. The van der Waals surface area contributed by atoms with Crippen LogP contribution in [-0.4, -0.2) is 32.6 Å². The van der Waals surface area contributed by atoms with Crippen molar-refractivity contribution < 1.29 is 23.8 Å². The first-order valence-corrected chi connectivity index (χ1v) is 7.34. The van der Waals surface area contributed by atoms with E-state index in [9.17, 15) is 9.59 Å². The molecular formula is C18H19NO5. The van der Waals surface area contributed by atoms with Crippen molar-refractivity contribution >= 4 is 11.9 Å². The first-order valence-electron chi connectivity index (χ1n) is 7.34. The van der Waals surface area contributed by atoms with Gasteiger partial charge < -0.3 is 19.5 Å². The van der Waals surface area contributed by atoms with E-state index >= 15 is 0 Å². The van der Waals surface area contributed by atoms with Crippen molar-refractivity contribution in [1.82, 2.24) is 5.32 Å². The van der Waals surface area contributed by atoms with E-state index < -0.39 is 11.9 Å². The van der Waals surface area contributed by atoms with E-state index in [-0.39, 0.29) is 13.2 Å². The molecular weight excluding hydrogens is 310 g/mol. The van der Waals surface area contributed by atoms with Gasteiger partial charge in [0, 0.05) is 6.07 Å². The Hall–Kier alpha value is -3.02. The maximum absolute atomic E-state index is 12.2. The number of nitrogens with one attached hydrogen (secondary N) is 1. The average Bonchev–Trinajstić information content (AvgIpc) is 2.64. The first kappa shape index (κ1) is 17.3. The summed E-state index contributed by atoms with van der Waals surface area (Å²) in [4.78, 5) is 23.9. The Balaban J connectivity index is 1.87. The van der Waals surface area contributed by atoms with Crippen molar-refractivity contribution in [3.05, 3.63) is 59.7 Å². The number of rotatable bonds is 7. The molecule has 2 aromatic carbocycles. The highest BCUT2D eigenvalue weighted by molar-refractivity contribution is 5.98. The summed E-state index contributed by atoms with van der Waals surface area (Å²) in [7, 11) is 2.98. The lowest BCUT2D eigenvalue weighted by molar-refractivity contribution is -0.143. The van der Waals surface area contributed by atoms with Crippen LogP contribution in [0.5, 0.6) is 11.5 Å². The van der Waals surface area contributed by atoms with E-state index in [1.165, 1.54) is 14.2 Å². The number of amides is 1. The Bertz CT molecular complexity index is 700. The minimum Gasteiger partial charge on any atom is -0.497 e. The molecule has 0 atom stereocenters. The summed E-state index contributed by atoms with van der Waals surface area (Å²) in [5.74, 6) is 0.000944. The Kier molecular flexibility index (Phi) is 6.19. The van der Waals surface area contributed by atoms with Crippen molar-refractivity contribution in [2.45, 2.75) is 6.61 Å².